The molecule has 112 valence electrons. The third kappa shape index (κ3) is 3.44. The Balaban J connectivity index is 2.14. The van der Waals surface area contributed by atoms with E-state index in [0.717, 1.165) is 24.9 Å². The van der Waals surface area contributed by atoms with Crippen molar-refractivity contribution in [1.29, 1.82) is 0 Å². The quantitative estimate of drug-likeness (QED) is 0.798. The molecule has 1 heteroatoms. The topological polar surface area (TPSA) is 12.0 Å². The van der Waals surface area contributed by atoms with Crippen molar-refractivity contribution >= 4 is 0 Å². The summed E-state index contributed by atoms with van der Waals surface area (Å²) in [6.45, 7) is 13.6. The van der Waals surface area contributed by atoms with E-state index >= 15 is 0 Å². The van der Waals surface area contributed by atoms with Gasteiger partial charge < -0.3 is 5.32 Å². The fourth-order valence-corrected chi connectivity index (χ4v) is 3.70. The van der Waals surface area contributed by atoms with Crippen LogP contribution in [0.4, 0.5) is 0 Å². The molecule has 20 heavy (non-hydrogen) atoms. The van der Waals surface area contributed by atoms with Crippen molar-refractivity contribution in [2.75, 3.05) is 13.1 Å². The maximum Gasteiger partial charge on any atom is 0.00832 e. The average molecular weight is 273 g/mol. The SMILES string of the molecule is CCC1CC(CNCC(C)C)(c2cc(C)cc(C)c2)C1. The van der Waals surface area contributed by atoms with Gasteiger partial charge in [0.05, 0.1) is 0 Å². The molecule has 1 nitrogen and oxygen atoms in total. The highest BCUT2D eigenvalue weighted by molar-refractivity contribution is 5.36. The summed E-state index contributed by atoms with van der Waals surface area (Å²) in [6, 6.07) is 7.11. The summed E-state index contributed by atoms with van der Waals surface area (Å²) in [5.74, 6) is 1.66. The van der Waals surface area contributed by atoms with Gasteiger partial charge in [-0.15, -0.1) is 0 Å². The molecule has 1 N–H and O–H groups in total. The van der Waals surface area contributed by atoms with Gasteiger partial charge in [-0.05, 0) is 50.6 Å². The van der Waals surface area contributed by atoms with Crippen LogP contribution in [-0.2, 0) is 5.41 Å². The number of hydrogen-bond acceptors (Lipinski definition) is 1. The Bertz CT molecular complexity index is 421. The van der Waals surface area contributed by atoms with Crippen LogP contribution in [-0.4, -0.2) is 13.1 Å². The molecule has 0 unspecified atom stereocenters. The van der Waals surface area contributed by atoms with Crippen molar-refractivity contribution in [3.63, 3.8) is 0 Å². The van der Waals surface area contributed by atoms with Crippen molar-refractivity contribution in [1.82, 2.24) is 5.32 Å². The normalized spacial score (nSPS) is 25.8. The van der Waals surface area contributed by atoms with Crippen LogP contribution >= 0.6 is 0 Å². The molecule has 0 aliphatic heterocycles. The van der Waals surface area contributed by atoms with Gasteiger partial charge in [-0.2, -0.15) is 0 Å². The van der Waals surface area contributed by atoms with Crippen molar-refractivity contribution < 1.29 is 0 Å². The summed E-state index contributed by atoms with van der Waals surface area (Å²) in [5.41, 5.74) is 4.77. The lowest BCUT2D eigenvalue weighted by atomic mass is 9.57. The third-order valence-electron chi connectivity index (χ3n) is 4.79. The summed E-state index contributed by atoms with van der Waals surface area (Å²) in [6.07, 6.45) is 4.05. The average Bonchev–Trinajstić information content (AvgIpc) is 2.30. The Morgan fingerprint density at radius 1 is 1.15 bits per heavy atom. The van der Waals surface area contributed by atoms with Gasteiger partial charge in [0, 0.05) is 12.0 Å². The monoisotopic (exact) mass is 273 g/mol. The predicted molar refractivity (Wildman–Crippen MR) is 88.3 cm³/mol. The summed E-state index contributed by atoms with van der Waals surface area (Å²) >= 11 is 0. The van der Waals surface area contributed by atoms with Gasteiger partial charge >= 0.3 is 0 Å². The number of nitrogens with one attached hydrogen (secondary N) is 1. The molecule has 2 rings (SSSR count). The molecule has 0 radical (unpaired) electrons. The summed E-state index contributed by atoms with van der Waals surface area (Å²) in [7, 11) is 0. The van der Waals surface area contributed by atoms with E-state index in [4.69, 9.17) is 0 Å². The van der Waals surface area contributed by atoms with Crippen molar-refractivity contribution in [2.24, 2.45) is 11.8 Å². The molecular formula is C19H31N. The highest BCUT2D eigenvalue weighted by Gasteiger charge is 2.44. The maximum atomic E-state index is 3.71. The van der Waals surface area contributed by atoms with Gasteiger partial charge in [-0.1, -0.05) is 56.5 Å². The minimum absolute atomic E-state index is 0.395. The Morgan fingerprint density at radius 2 is 1.75 bits per heavy atom. The van der Waals surface area contributed by atoms with Gasteiger partial charge in [-0.3, -0.25) is 0 Å². The summed E-state index contributed by atoms with van der Waals surface area (Å²) in [5, 5.41) is 3.71. The second-order valence-electron chi connectivity index (χ2n) is 7.36. The van der Waals surface area contributed by atoms with E-state index < -0.39 is 0 Å². The Kier molecular flexibility index (Phi) is 4.90. The minimum atomic E-state index is 0.395. The van der Waals surface area contributed by atoms with Crippen LogP contribution in [0.5, 0.6) is 0 Å². The first kappa shape index (κ1) is 15.6. The number of rotatable bonds is 6. The largest absolute Gasteiger partial charge is 0.316 e. The minimum Gasteiger partial charge on any atom is -0.316 e. The first-order valence-corrected chi connectivity index (χ1v) is 8.24. The zero-order valence-electron chi connectivity index (χ0n) is 13.9. The molecule has 1 aromatic carbocycles. The molecule has 1 aromatic rings. The zero-order valence-corrected chi connectivity index (χ0v) is 13.9. The molecule has 1 aliphatic rings. The van der Waals surface area contributed by atoms with Crippen molar-refractivity contribution in [3.05, 3.63) is 34.9 Å². The van der Waals surface area contributed by atoms with Gasteiger partial charge in [0.1, 0.15) is 0 Å². The summed E-state index contributed by atoms with van der Waals surface area (Å²) < 4.78 is 0. The molecule has 0 heterocycles. The first-order valence-electron chi connectivity index (χ1n) is 8.24. The second kappa shape index (κ2) is 6.30. The number of benzene rings is 1. The molecule has 1 aliphatic carbocycles. The van der Waals surface area contributed by atoms with E-state index in [-0.39, 0.29) is 0 Å². The Hall–Kier alpha value is -0.820. The number of aryl methyl sites for hydroxylation is 2. The molecule has 0 aromatic heterocycles. The molecule has 0 spiro atoms. The predicted octanol–water partition coefficient (Wildman–Crippen LogP) is 4.61. The smallest absolute Gasteiger partial charge is 0.00832 e. The van der Waals surface area contributed by atoms with E-state index in [1.54, 1.807) is 5.56 Å². The van der Waals surface area contributed by atoms with E-state index in [1.165, 1.54) is 30.4 Å². The fraction of sp³-hybridized carbons (Fsp3) is 0.684. The summed E-state index contributed by atoms with van der Waals surface area (Å²) in [4.78, 5) is 0. The van der Waals surface area contributed by atoms with E-state index in [0.29, 0.717) is 5.41 Å². The maximum absolute atomic E-state index is 3.71. The lowest BCUT2D eigenvalue weighted by Gasteiger charge is -2.49. The van der Waals surface area contributed by atoms with Crippen LogP contribution in [0.1, 0.15) is 56.7 Å². The van der Waals surface area contributed by atoms with E-state index in [1.807, 2.05) is 0 Å². The van der Waals surface area contributed by atoms with Crippen molar-refractivity contribution in [3.8, 4) is 0 Å². The van der Waals surface area contributed by atoms with Gasteiger partial charge in [0.25, 0.3) is 0 Å². The van der Waals surface area contributed by atoms with Crippen LogP contribution in [0.15, 0.2) is 18.2 Å². The van der Waals surface area contributed by atoms with Crippen LogP contribution in [0.25, 0.3) is 0 Å². The third-order valence-corrected chi connectivity index (χ3v) is 4.79. The zero-order chi connectivity index (χ0) is 14.8. The molecular weight excluding hydrogens is 242 g/mol. The molecule has 1 fully saturated rings. The standard InChI is InChI=1S/C19H31N/c1-6-17-10-19(11-17,13-20-12-14(2)3)18-8-15(4)7-16(5)9-18/h7-9,14,17,20H,6,10-13H2,1-5H3. The lowest BCUT2D eigenvalue weighted by molar-refractivity contribution is 0.133. The Morgan fingerprint density at radius 3 is 2.25 bits per heavy atom. The van der Waals surface area contributed by atoms with Gasteiger partial charge in [-0.25, -0.2) is 0 Å². The highest BCUT2D eigenvalue weighted by Crippen LogP contribution is 2.49. The van der Waals surface area contributed by atoms with Crippen LogP contribution in [0.2, 0.25) is 0 Å². The van der Waals surface area contributed by atoms with Crippen LogP contribution < -0.4 is 5.32 Å². The molecule has 0 amide bonds. The van der Waals surface area contributed by atoms with E-state index in [2.05, 4.69) is 58.1 Å². The van der Waals surface area contributed by atoms with E-state index in [9.17, 15) is 0 Å². The van der Waals surface area contributed by atoms with Gasteiger partial charge in [0.15, 0.2) is 0 Å². The highest BCUT2D eigenvalue weighted by atomic mass is 14.9. The van der Waals surface area contributed by atoms with Crippen LogP contribution in [0, 0.1) is 25.7 Å². The fourth-order valence-electron chi connectivity index (χ4n) is 3.70. The molecule has 0 saturated heterocycles. The number of hydrogen-bond donors (Lipinski definition) is 1. The van der Waals surface area contributed by atoms with Crippen LogP contribution in [0.3, 0.4) is 0 Å². The van der Waals surface area contributed by atoms with Crippen molar-refractivity contribution in [2.45, 2.75) is 59.3 Å². The Labute approximate surface area is 125 Å². The second-order valence-corrected chi connectivity index (χ2v) is 7.36. The molecule has 0 bridgehead atoms. The molecule has 0 atom stereocenters. The molecule has 1 saturated carbocycles. The lowest BCUT2D eigenvalue weighted by Crippen LogP contribution is -2.49. The van der Waals surface area contributed by atoms with Gasteiger partial charge in [0.2, 0.25) is 0 Å². The first-order chi connectivity index (χ1) is 9.45.